The van der Waals surface area contributed by atoms with E-state index in [4.69, 9.17) is 0 Å². The summed E-state index contributed by atoms with van der Waals surface area (Å²) in [6.45, 7) is 5.71. The molecule has 0 aromatic heterocycles. The lowest BCUT2D eigenvalue weighted by molar-refractivity contribution is 0.480. The minimum Gasteiger partial charge on any atom is -0.368 e. The predicted octanol–water partition coefficient (Wildman–Crippen LogP) is 3.20. The molecule has 1 saturated heterocycles. The van der Waals surface area contributed by atoms with E-state index in [0.717, 1.165) is 6.04 Å². The molecule has 1 aromatic carbocycles. The first-order chi connectivity index (χ1) is 6.18. The third-order valence-corrected chi connectivity index (χ3v) is 3.47. The fourth-order valence-electron chi connectivity index (χ4n) is 1.77. The minimum atomic E-state index is 0.733. The Labute approximate surface area is 93.3 Å². The van der Waals surface area contributed by atoms with Crippen molar-refractivity contribution in [2.24, 2.45) is 0 Å². The summed E-state index contributed by atoms with van der Waals surface area (Å²) < 4.78 is 1.33. The van der Waals surface area contributed by atoms with Crippen LogP contribution in [0.4, 0.5) is 5.69 Å². The second-order valence-corrected chi connectivity index (χ2v) is 5.01. The van der Waals surface area contributed by atoms with Crippen molar-refractivity contribution in [1.29, 1.82) is 0 Å². The van der Waals surface area contributed by atoms with Crippen LogP contribution in [0, 0.1) is 10.5 Å². The van der Waals surface area contributed by atoms with Crippen molar-refractivity contribution in [1.82, 2.24) is 0 Å². The molecule has 0 radical (unpaired) electrons. The molecular weight excluding hydrogens is 273 g/mol. The molecule has 0 aliphatic carbocycles. The van der Waals surface area contributed by atoms with Gasteiger partial charge in [-0.25, -0.2) is 0 Å². The van der Waals surface area contributed by atoms with E-state index in [1.807, 2.05) is 0 Å². The van der Waals surface area contributed by atoms with E-state index >= 15 is 0 Å². The van der Waals surface area contributed by atoms with E-state index in [9.17, 15) is 0 Å². The van der Waals surface area contributed by atoms with Crippen LogP contribution in [-0.4, -0.2) is 12.6 Å². The molecule has 2 rings (SSSR count). The Morgan fingerprint density at radius 2 is 2.23 bits per heavy atom. The van der Waals surface area contributed by atoms with Gasteiger partial charge in [0.15, 0.2) is 0 Å². The quantitative estimate of drug-likeness (QED) is 0.717. The molecule has 70 valence electrons. The van der Waals surface area contributed by atoms with Gasteiger partial charge in [0.25, 0.3) is 0 Å². The molecule has 2 heteroatoms. The topological polar surface area (TPSA) is 3.24 Å². The monoisotopic (exact) mass is 287 g/mol. The van der Waals surface area contributed by atoms with E-state index in [1.54, 1.807) is 0 Å². The lowest BCUT2D eigenvalue weighted by atomic mass is 10.0. The van der Waals surface area contributed by atoms with Crippen molar-refractivity contribution in [3.63, 3.8) is 0 Å². The van der Waals surface area contributed by atoms with Gasteiger partial charge in [-0.1, -0.05) is 6.07 Å². The van der Waals surface area contributed by atoms with Crippen molar-refractivity contribution >= 4 is 28.3 Å². The summed E-state index contributed by atoms with van der Waals surface area (Å²) in [4.78, 5) is 2.48. The maximum atomic E-state index is 2.48. The minimum absolute atomic E-state index is 0.733. The number of hydrogen-bond acceptors (Lipinski definition) is 1. The lowest BCUT2D eigenvalue weighted by Crippen LogP contribution is -2.46. The fourth-order valence-corrected chi connectivity index (χ4v) is 2.24. The number of aryl methyl sites for hydroxylation is 1. The van der Waals surface area contributed by atoms with Crippen LogP contribution in [0.2, 0.25) is 0 Å². The average Bonchev–Trinajstić information content (AvgIpc) is 2.09. The summed E-state index contributed by atoms with van der Waals surface area (Å²) in [5, 5.41) is 0. The summed E-state index contributed by atoms with van der Waals surface area (Å²) in [6, 6.07) is 7.40. The zero-order valence-electron chi connectivity index (χ0n) is 8.05. The number of anilines is 1. The summed E-state index contributed by atoms with van der Waals surface area (Å²) in [5.74, 6) is 0. The molecule has 0 N–H and O–H groups in total. The maximum absolute atomic E-state index is 2.48. The molecule has 0 amide bonds. The van der Waals surface area contributed by atoms with Gasteiger partial charge in [0.1, 0.15) is 0 Å². The molecule has 1 nitrogen and oxygen atoms in total. The molecule has 1 heterocycles. The highest BCUT2D eigenvalue weighted by atomic mass is 127. The van der Waals surface area contributed by atoms with E-state index in [0.29, 0.717) is 0 Å². The molecule has 1 aromatic rings. The van der Waals surface area contributed by atoms with Gasteiger partial charge in [-0.2, -0.15) is 0 Å². The molecule has 1 atom stereocenters. The number of halogens is 1. The van der Waals surface area contributed by atoms with Crippen molar-refractivity contribution in [3.8, 4) is 0 Å². The van der Waals surface area contributed by atoms with Crippen LogP contribution in [0.3, 0.4) is 0 Å². The first kappa shape index (κ1) is 9.31. The highest BCUT2D eigenvalue weighted by Crippen LogP contribution is 2.30. The number of nitrogens with zero attached hydrogens (tertiary/aromatic N) is 1. The van der Waals surface area contributed by atoms with Gasteiger partial charge in [-0.3, -0.25) is 0 Å². The SMILES string of the molecule is Cc1ccc(I)cc1N1CCC1C. The van der Waals surface area contributed by atoms with E-state index in [-0.39, 0.29) is 0 Å². The molecule has 13 heavy (non-hydrogen) atoms. The number of rotatable bonds is 1. The van der Waals surface area contributed by atoms with Gasteiger partial charge >= 0.3 is 0 Å². The zero-order valence-corrected chi connectivity index (χ0v) is 10.2. The normalized spacial score (nSPS) is 21.5. The van der Waals surface area contributed by atoms with Crippen LogP contribution >= 0.6 is 22.6 Å². The fraction of sp³-hybridized carbons (Fsp3) is 0.455. The molecule has 0 saturated carbocycles. The number of hydrogen-bond donors (Lipinski definition) is 0. The Morgan fingerprint density at radius 1 is 1.46 bits per heavy atom. The Kier molecular flexibility index (Phi) is 2.49. The first-order valence-electron chi connectivity index (χ1n) is 4.71. The first-order valence-corrected chi connectivity index (χ1v) is 5.79. The lowest BCUT2D eigenvalue weighted by Gasteiger charge is -2.41. The van der Waals surface area contributed by atoms with Crippen LogP contribution in [0.25, 0.3) is 0 Å². The molecule has 1 aliphatic heterocycles. The second kappa shape index (κ2) is 3.48. The third-order valence-electron chi connectivity index (χ3n) is 2.80. The van der Waals surface area contributed by atoms with Gasteiger partial charge in [0.05, 0.1) is 0 Å². The third kappa shape index (κ3) is 1.68. The van der Waals surface area contributed by atoms with Crippen LogP contribution in [-0.2, 0) is 0 Å². The summed E-state index contributed by atoms with van der Waals surface area (Å²) in [6.07, 6.45) is 1.34. The second-order valence-electron chi connectivity index (χ2n) is 3.76. The predicted molar refractivity (Wildman–Crippen MR) is 65.3 cm³/mol. The van der Waals surface area contributed by atoms with Gasteiger partial charge in [-0.15, -0.1) is 0 Å². The molecule has 1 fully saturated rings. The van der Waals surface area contributed by atoms with Gasteiger partial charge in [0.2, 0.25) is 0 Å². The Hall–Kier alpha value is -0.250. The standard InChI is InChI=1S/C11H14IN/c1-8-3-4-10(12)7-11(8)13-6-5-9(13)2/h3-4,7,9H,5-6H2,1-2H3. The highest BCUT2D eigenvalue weighted by Gasteiger charge is 2.24. The van der Waals surface area contributed by atoms with Crippen molar-refractivity contribution in [2.75, 3.05) is 11.4 Å². The highest BCUT2D eigenvalue weighted by molar-refractivity contribution is 14.1. The van der Waals surface area contributed by atoms with Crippen molar-refractivity contribution in [3.05, 3.63) is 27.3 Å². The molecule has 0 spiro atoms. The van der Waals surface area contributed by atoms with Crippen LogP contribution in [0.1, 0.15) is 18.9 Å². The Bertz CT molecular complexity index is 322. The number of benzene rings is 1. The largest absolute Gasteiger partial charge is 0.368 e. The zero-order chi connectivity index (χ0) is 9.42. The maximum Gasteiger partial charge on any atom is 0.0408 e. The van der Waals surface area contributed by atoms with Crippen molar-refractivity contribution in [2.45, 2.75) is 26.3 Å². The molecular formula is C11H14IN. The van der Waals surface area contributed by atoms with Crippen molar-refractivity contribution < 1.29 is 0 Å². The van der Waals surface area contributed by atoms with Crippen LogP contribution in [0.5, 0.6) is 0 Å². The molecule has 1 unspecified atom stereocenters. The summed E-state index contributed by atoms with van der Waals surface area (Å²) in [5.41, 5.74) is 2.82. The van der Waals surface area contributed by atoms with Crippen LogP contribution < -0.4 is 4.90 Å². The van der Waals surface area contributed by atoms with Crippen LogP contribution in [0.15, 0.2) is 18.2 Å². The smallest absolute Gasteiger partial charge is 0.0408 e. The Morgan fingerprint density at radius 3 is 2.77 bits per heavy atom. The average molecular weight is 287 g/mol. The van der Waals surface area contributed by atoms with E-state index < -0.39 is 0 Å². The van der Waals surface area contributed by atoms with Gasteiger partial charge in [-0.05, 0) is 60.6 Å². The summed E-state index contributed by atoms with van der Waals surface area (Å²) >= 11 is 2.38. The van der Waals surface area contributed by atoms with E-state index in [2.05, 4.69) is 59.5 Å². The van der Waals surface area contributed by atoms with Gasteiger partial charge in [0, 0.05) is 21.8 Å². The molecule has 0 bridgehead atoms. The van der Waals surface area contributed by atoms with Gasteiger partial charge < -0.3 is 4.90 Å². The van der Waals surface area contributed by atoms with E-state index in [1.165, 1.54) is 27.8 Å². The Balaban J connectivity index is 2.33. The summed E-state index contributed by atoms with van der Waals surface area (Å²) in [7, 11) is 0. The molecule has 1 aliphatic rings.